The van der Waals surface area contributed by atoms with Gasteiger partial charge in [0, 0.05) is 61.2 Å². The van der Waals surface area contributed by atoms with Gasteiger partial charge in [0.1, 0.15) is 5.82 Å². The van der Waals surface area contributed by atoms with Gasteiger partial charge in [-0.15, -0.1) is 0 Å². The van der Waals surface area contributed by atoms with Crippen LogP contribution in [0.25, 0.3) is 0 Å². The first-order chi connectivity index (χ1) is 17.4. The van der Waals surface area contributed by atoms with Gasteiger partial charge in [0.15, 0.2) is 0 Å². The second-order valence-corrected chi connectivity index (χ2v) is 8.94. The molecule has 0 aliphatic carbocycles. The Bertz CT molecular complexity index is 1280. The van der Waals surface area contributed by atoms with Crippen LogP contribution < -0.4 is 16.6 Å². The summed E-state index contributed by atoms with van der Waals surface area (Å²) in [5.74, 6) is 5.72. The van der Waals surface area contributed by atoms with E-state index in [4.69, 9.17) is 5.73 Å². The molecule has 1 aliphatic heterocycles. The van der Waals surface area contributed by atoms with Crippen molar-refractivity contribution in [3.8, 4) is 11.8 Å². The Morgan fingerprint density at radius 1 is 0.917 bits per heavy atom. The lowest BCUT2D eigenvalue weighted by molar-refractivity contribution is 0.0846. The molecule has 1 aromatic heterocycles. The number of amides is 2. The monoisotopic (exact) mass is 482 g/mol. The van der Waals surface area contributed by atoms with Crippen LogP contribution in [-0.4, -0.2) is 59.8 Å². The van der Waals surface area contributed by atoms with Gasteiger partial charge in [-0.1, -0.05) is 30.0 Å². The molecule has 3 aromatic rings. The largest absolute Gasteiger partial charge is 0.384 e. The third kappa shape index (κ3) is 6.69. The molecule has 1 aliphatic rings. The Kier molecular flexibility index (Phi) is 7.95. The van der Waals surface area contributed by atoms with E-state index in [-0.39, 0.29) is 5.91 Å². The zero-order valence-corrected chi connectivity index (χ0v) is 20.5. The van der Waals surface area contributed by atoms with Crippen molar-refractivity contribution in [3.63, 3.8) is 0 Å². The molecule has 8 nitrogen and oxygen atoms in total. The molecule has 184 valence electrons. The van der Waals surface area contributed by atoms with E-state index in [1.807, 2.05) is 25.1 Å². The van der Waals surface area contributed by atoms with E-state index in [0.717, 1.165) is 49.4 Å². The number of hydrogen-bond acceptors (Lipinski definition) is 6. The maximum atomic E-state index is 12.6. The number of hydrogen-bond donors (Lipinski definition) is 3. The highest BCUT2D eigenvalue weighted by atomic mass is 16.2. The maximum absolute atomic E-state index is 12.6. The number of pyridine rings is 1. The van der Waals surface area contributed by atoms with Crippen LogP contribution in [0.3, 0.4) is 0 Å². The highest BCUT2D eigenvalue weighted by Gasteiger charge is 2.14. The lowest BCUT2D eigenvalue weighted by atomic mass is 10.0. The fraction of sp³-hybridized carbons (Fsp3) is 0.250. The van der Waals surface area contributed by atoms with Gasteiger partial charge in [-0.3, -0.25) is 25.3 Å². The molecule has 0 unspecified atom stereocenters. The van der Waals surface area contributed by atoms with Crippen molar-refractivity contribution in [3.05, 3.63) is 94.2 Å². The highest BCUT2D eigenvalue weighted by molar-refractivity contribution is 5.99. The number of piperazine rings is 1. The molecule has 2 heterocycles. The van der Waals surface area contributed by atoms with Crippen molar-refractivity contribution >= 4 is 17.6 Å². The summed E-state index contributed by atoms with van der Waals surface area (Å²) in [6.45, 7) is 6.98. The zero-order valence-electron chi connectivity index (χ0n) is 20.5. The molecule has 0 saturated carbocycles. The summed E-state index contributed by atoms with van der Waals surface area (Å²) >= 11 is 0. The Hall–Kier alpha value is -4.19. The number of nitrogens with two attached hydrogens (primary N) is 1. The summed E-state index contributed by atoms with van der Waals surface area (Å²) in [7, 11) is 2.14. The molecule has 0 radical (unpaired) electrons. The zero-order chi connectivity index (χ0) is 25.5. The fourth-order valence-corrected chi connectivity index (χ4v) is 3.80. The van der Waals surface area contributed by atoms with Crippen LogP contribution in [-0.2, 0) is 6.54 Å². The van der Waals surface area contributed by atoms with Gasteiger partial charge in [-0.2, -0.15) is 0 Å². The number of hydrazine groups is 1. The fourth-order valence-electron chi connectivity index (χ4n) is 3.80. The third-order valence-corrected chi connectivity index (χ3v) is 6.14. The molecule has 2 amide bonds. The number of anilines is 1. The van der Waals surface area contributed by atoms with E-state index in [0.29, 0.717) is 22.5 Å². The van der Waals surface area contributed by atoms with Gasteiger partial charge in [-0.05, 0) is 61.5 Å². The van der Waals surface area contributed by atoms with Gasteiger partial charge in [-0.25, -0.2) is 4.98 Å². The number of likely N-dealkylation sites (N-methyl/N-ethyl adjacent to an activating group) is 1. The number of rotatable bonds is 4. The predicted molar refractivity (Wildman–Crippen MR) is 140 cm³/mol. The average Bonchev–Trinajstić information content (AvgIpc) is 2.89. The summed E-state index contributed by atoms with van der Waals surface area (Å²) < 4.78 is 0. The maximum Gasteiger partial charge on any atom is 0.269 e. The molecular weight excluding hydrogens is 452 g/mol. The third-order valence-electron chi connectivity index (χ3n) is 6.14. The molecule has 36 heavy (non-hydrogen) atoms. The first-order valence-corrected chi connectivity index (χ1v) is 11.8. The Balaban J connectivity index is 1.33. The van der Waals surface area contributed by atoms with Gasteiger partial charge < -0.3 is 10.6 Å². The Morgan fingerprint density at radius 2 is 1.58 bits per heavy atom. The van der Waals surface area contributed by atoms with E-state index in [2.05, 4.69) is 44.5 Å². The molecule has 8 heteroatoms. The van der Waals surface area contributed by atoms with Crippen LogP contribution in [0.4, 0.5) is 5.82 Å². The molecule has 1 fully saturated rings. The second kappa shape index (κ2) is 11.5. The van der Waals surface area contributed by atoms with Crippen LogP contribution in [0.5, 0.6) is 0 Å². The van der Waals surface area contributed by atoms with Crippen LogP contribution >= 0.6 is 0 Å². The van der Waals surface area contributed by atoms with E-state index >= 15 is 0 Å². The number of carbonyl (C=O) groups is 2. The summed E-state index contributed by atoms with van der Waals surface area (Å²) in [6, 6.07) is 16.1. The minimum atomic E-state index is -0.424. The van der Waals surface area contributed by atoms with E-state index < -0.39 is 5.91 Å². The predicted octanol–water partition coefficient (Wildman–Crippen LogP) is 2.19. The van der Waals surface area contributed by atoms with Crippen LogP contribution in [0, 0.1) is 18.8 Å². The molecule has 2 aromatic carbocycles. The van der Waals surface area contributed by atoms with Gasteiger partial charge >= 0.3 is 0 Å². The summed E-state index contributed by atoms with van der Waals surface area (Å²) in [5, 5.41) is 0. The number of nitrogen functional groups attached to an aromatic ring is 1. The van der Waals surface area contributed by atoms with Crippen molar-refractivity contribution < 1.29 is 9.59 Å². The standard InChI is InChI=1S/C28H30N6O2/c1-20-3-8-25(17-24(20)11-4-21-7-12-26(29)30-18-21)28(36)32-31-27(35)23-9-5-22(6-10-23)19-34-15-13-33(2)14-16-34/h3,5-10,12,17-18H,13-16,19H2,1-2H3,(H2,29,30)(H,31,35)(H,32,36). The first kappa shape index (κ1) is 24.9. The van der Waals surface area contributed by atoms with Gasteiger partial charge in [0.2, 0.25) is 0 Å². The van der Waals surface area contributed by atoms with E-state index in [1.165, 1.54) is 0 Å². The van der Waals surface area contributed by atoms with E-state index in [1.54, 1.807) is 42.6 Å². The van der Waals surface area contributed by atoms with Crippen LogP contribution in [0.2, 0.25) is 0 Å². The minimum absolute atomic E-state index is 0.377. The summed E-state index contributed by atoms with van der Waals surface area (Å²) in [4.78, 5) is 33.9. The average molecular weight is 483 g/mol. The number of carbonyl (C=O) groups excluding carboxylic acids is 2. The molecule has 4 rings (SSSR count). The molecule has 4 N–H and O–H groups in total. The smallest absolute Gasteiger partial charge is 0.269 e. The number of nitrogens with one attached hydrogen (secondary N) is 2. The quantitative estimate of drug-likeness (QED) is 0.389. The van der Waals surface area contributed by atoms with Crippen molar-refractivity contribution in [2.45, 2.75) is 13.5 Å². The number of benzene rings is 2. The number of aromatic nitrogens is 1. The van der Waals surface area contributed by atoms with Gasteiger partial charge in [0.25, 0.3) is 11.8 Å². The SMILES string of the molecule is Cc1ccc(C(=O)NNC(=O)c2ccc(CN3CCN(C)CC3)cc2)cc1C#Cc1ccc(N)nc1. The summed E-state index contributed by atoms with van der Waals surface area (Å²) in [5.41, 5.74) is 15.0. The summed E-state index contributed by atoms with van der Waals surface area (Å²) in [6.07, 6.45) is 1.60. The van der Waals surface area contributed by atoms with Crippen LogP contribution in [0.1, 0.15) is 43.0 Å². The minimum Gasteiger partial charge on any atom is -0.384 e. The molecule has 0 bridgehead atoms. The Morgan fingerprint density at radius 3 is 2.25 bits per heavy atom. The number of aryl methyl sites for hydroxylation is 1. The van der Waals surface area contributed by atoms with Gasteiger partial charge in [0.05, 0.1) is 0 Å². The molecule has 0 atom stereocenters. The lowest BCUT2D eigenvalue weighted by Gasteiger charge is -2.32. The highest BCUT2D eigenvalue weighted by Crippen LogP contribution is 2.12. The lowest BCUT2D eigenvalue weighted by Crippen LogP contribution is -2.43. The molecule has 0 spiro atoms. The molecular formula is C28H30N6O2. The van der Waals surface area contributed by atoms with Crippen molar-refractivity contribution in [2.24, 2.45) is 0 Å². The number of nitrogens with zero attached hydrogens (tertiary/aromatic N) is 3. The van der Waals surface area contributed by atoms with Crippen molar-refractivity contribution in [1.29, 1.82) is 0 Å². The molecule has 1 saturated heterocycles. The van der Waals surface area contributed by atoms with Crippen molar-refractivity contribution in [2.75, 3.05) is 39.0 Å². The van der Waals surface area contributed by atoms with E-state index in [9.17, 15) is 9.59 Å². The van der Waals surface area contributed by atoms with Crippen LogP contribution in [0.15, 0.2) is 60.8 Å². The second-order valence-electron chi connectivity index (χ2n) is 8.94. The first-order valence-electron chi connectivity index (χ1n) is 11.8. The Labute approximate surface area is 211 Å². The normalized spacial score (nSPS) is 13.9. The topological polar surface area (TPSA) is 104 Å². The van der Waals surface area contributed by atoms with Crippen molar-refractivity contribution in [1.82, 2.24) is 25.6 Å².